The molecule has 1 aliphatic heterocycles. The Balaban J connectivity index is 2.26. The third-order valence-electron chi connectivity index (χ3n) is 3.92. The van der Waals surface area contributed by atoms with Crippen LogP contribution >= 0.6 is 0 Å². The van der Waals surface area contributed by atoms with E-state index in [9.17, 15) is 14.7 Å². The van der Waals surface area contributed by atoms with Gasteiger partial charge >= 0.3 is 0 Å². The van der Waals surface area contributed by atoms with Gasteiger partial charge in [0.05, 0.1) is 5.60 Å². The molecule has 0 spiro atoms. The Hall–Kier alpha value is -1.88. The van der Waals surface area contributed by atoms with Crippen LogP contribution < -0.4 is 4.90 Å². The number of aryl methyl sites for hydroxylation is 1. The highest BCUT2D eigenvalue weighted by atomic mass is 16.3. The van der Waals surface area contributed by atoms with Gasteiger partial charge in [0.2, 0.25) is 5.91 Å². The minimum atomic E-state index is -0.924. The quantitative estimate of drug-likeness (QED) is 0.923. The van der Waals surface area contributed by atoms with Gasteiger partial charge in [0.25, 0.3) is 5.91 Å². The summed E-state index contributed by atoms with van der Waals surface area (Å²) in [5, 5.41) is 9.93. The van der Waals surface area contributed by atoms with Gasteiger partial charge < -0.3 is 14.9 Å². The maximum atomic E-state index is 12.6. The molecule has 1 aliphatic rings. The lowest BCUT2D eigenvalue weighted by Crippen LogP contribution is -2.42. The number of likely N-dealkylation sites (N-methyl/N-ethyl adjacent to an activating group) is 1. The lowest BCUT2D eigenvalue weighted by atomic mass is 9.98. The van der Waals surface area contributed by atoms with E-state index in [0.717, 1.165) is 11.3 Å². The monoisotopic (exact) mass is 304 g/mol. The van der Waals surface area contributed by atoms with Crippen LogP contribution in [0.3, 0.4) is 0 Å². The fourth-order valence-corrected chi connectivity index (χ4v) is 2.77. The molecule has 0 bridgehead atoms. The van der Waals surface area contributed by atoms with Crippen LogP contribution in [-0.2, 0) is 11.2 Å². The summed E-state index contributed by atoms with van der Waals surface area (Å²) < 4.78 is 0. The Morgan fingerprint density at radius 1 is 1.36 bits per heavy atom. The van der Waals surface area contributed by atoms with Gasteiger partial charge in [-0.15, -0.1) is 0 Å². The molecule has 0 aromatic heterocycles. The molecule has 120 valence electrons. The van der Waals surface area contributed by atoms with Crippen LogP contribution in [-0.4, -0.2) is 47.6 Å². The highest BCUT2D eigenvalue weighted by Gasteiger charge is 2.25. The third kappa shape index (κ3) is 3.47. The molecule has 0 aliphatic carbocycles. The minimum absolute atomic E-state index is 0.0908. The summed E-state index contributed by atoms with van der Waals surface area (Å²) >= 11 is 0. The van der Waals surface area contributed by atoms with Crippen LogP contribution in [0.1, 0.15) is 43.1 Å². The minimum Gasteiger partial charge on any atom is -0.389 e. The fourth-order valence-electron chi connectivity index (χ4n) is 2.77. The summed E-state index contributed by atoms with van der Waals surface area (Å²) in [6.07, 6.45) is 1.14. The van der Waals surface area contributed by atoms with Crippen molar-refractivity contribution in [2.24, 2.45) is 0 Å². The first-order valence-electron chi connectivity index (χ1n) is 7.64. The molecule has 5 nitrogen and oxygen atoms in total. The highest BCUT2D eigenvalue weighted by molar-refractivity contribution is 5.99. The standard InChI is InChI=1S/C17H24N2O3/c1-5-19(11-17(2,3)22)16(21)13-6-8-14-12(10-13)7-9-15(20)18(14)4/h6,8,10,22H,5,7,9,11H2,1-4H3. The average Bonchev–Trinajstić information content (AvgIpc) is 2.46. The summed E-state index contributed by atoms with van der Waals surface area (Å²) in [5.74, 6) is 0.00997. The fraction of sp³-hybridized carbons (Fsp3) is 0.529. The number of aliphatic hydroxyl groups is 1. The number of fused-ring (bicyclic) bond motifs is 1. The predicted octanol–water partition coefficient (Wildman–Crippen LogP) is 1.83. The van der Waals surface area contributed by atoms with Crippen molar-refractivity contribution >= 4 is 17.5 Å². The Bertz CT molecular complexity index is 590. The number of anilines is 1. The van der Waals surface area contributed by atoms with Crippen molar-refractivity contribution in [1.29, 1.82) is 0 Å². The second-order valence-corrected chi connectivity index (χ2v) is 6.43. The Labute approximate surface area is 131 Å². The number of benzene rings is 1. The van der Waals surface area contributed by atoms with Crippen molar-refractivity contribution in [3.8, 4) is 0 Å². The van der Waals surface area contributed by atoms with Crippen LogP contribution in [0.4, 0.5) is 5.69 Å². The molecule has 5 heteroatoms. The van der Waals surface area contributed by atoms with Crippen LogP contribution in [0.15, 0.2) is 18.2 Å². The topological polar surface area (TPSA) is 60.9 Å². The van der Waals surface area contributed by atoms with Crippen molar-refractivity contribution in [2.75, 3.05) is 25.0 Å². The molecule has 0 saturated carbocycles. The van der Waals surface area contributed by atoms with Crippen LogP contribution in [0.2, 0.25) is 0 Å². The Morgan fingerprint density at radius 3 is 2.64 bits per heavy atom. The zero-order valence-corrected chi connectivity index (χ0v) is 13.7. The molecule has 1 aromatic carbocycles. The molecule has 2 amide bonds. The van der Waals surface area contributed by atoms with Gasteiger partial charge in [-0.1, -0.05) is 0 Å². The zero-order chi connectivity index (χ0) is 16.5. The number of rotatable bonds is 4. The van der Waals surface area contributed by atoms with E-state index in [1.54, 1.807) is 36.8 Å². The summed E-state index contributed by atoms with van der Waals surface area (Å²) in [6.45, 7) is 6.11. The van der Waals surface area contributed by atoms with E-state index < -0.39 is 5.60 Å². The van der Waals surface area contributed by atoms with Gasteiger partial charge in [0.15, 0.2) is 0 Å². The van der Waals surface area contributed by atoms with Gasteiger partial charge in [-0.25, -0.2) is 0 Å². The molecule has 0 atom stereocenters. The smallest absolute Gasteiger partial charge is 0.253 e. The molecule has 0 unspecified atom stereocenters. The highest BCUT2D eigenvalue weighted by Crippen LogP contribution is 2.28. The van der Waals surface area contributed by atoms with Crippen molar-refractivity contribution in [3.63, 3.8) is 0 Å². The number of nitrogens with zero attached hydrogens (tertiary/aromatic N) is 2. The number of carbonyl (C=O) groups excluding carboxylic acids is 2. The van der Waals surface area contributed by atoms with Gasteiger partial charge in [-0.05, 0) is 51.0 Å². The predicted molar refractivity (Wildman–Crippen MR) is 86.0 cm³/mol. The first-order valence-corrected chi connectivity index (χ1v) is 7.64. The van der Waals surface area contributed by atoms with E-state index in [1.165, 1.54) is 0 Å². The van der Waals surface area contributed by atoms with E-state index in [0.29, 0.717) is 24.9 Å². The van der Waals surface area contributed by atoms with E-state index in [2.05, 4.69) is 0 Å². The summed E-state index contributed by atoms with van der Waals surface area (Å²) in [5.41, 5.74) is 1.57. The normalized spacial score (nSPS) is 14.8. The Kier molecular flexibility index (Phi) is 4.56. The average molecular weight is 304 g/mol. The van der Waals surface area contributed by atoms with Gasteiger partial charge in [-0.2, -0.15) is 0 Å². The first kappa shape index (κ1) is 16.5. The lowest BCUT2D eigenvalue weighted by molar-refractivity contribution is -0.118. The van der Waals surface area contributed by atoms with E-state index >= 15 is 0 Å². The summed E-state index contributed by atoms with van der Waals surface area (Å²) in [6, 6.07) is 5.45. The number of amides is 2. The maximum Gasteiger partial charge on any atom is 0.253 e. The second-order valence-electron chi connectivity index (χ2n) is 6.43. The zero-order valence-electron chi connectivity index (χ0n) is 13.7. The second kappa shape index (κ2) is 6.08. The summed E-state index contributed by atoms with van der Waals surface area (Å²) in [7, 11) is 1.76. The van der Waals surface area contributed by atoms with Crippen molar-refractivity contribution in [1.82, 2.24) is 4.90 Å². The first-order chi connectivity index (χ1) is 10.2. The molecule has 22 heavy (non-hydrogen) atoms. The van der Waals surface area contributed by atoms with Gasteiger partial charge in [0.1, 0.15) is 0 Å². The molecule has 1 heterocycles. The molecule has 0 fully saturated rings. The molecule has 1 N–H and O–H groups in total. The van der Waals surface area contributed by atoms with Crippen molar-refractivity contribution in [2.45, 2.75) is 39.2 Å². The maximum absolute atomic E-state index is 12.6. The Morgan fingerprint density at radius 2 is 2.05 bits per heavy atom. The van der Waals surface area contributed by atoms with Crippen LogP contribution in [0, 0.1) is 0 Å². The van der Waals surface area contributed by atoms with Crippen LogP contribution in [0.25, 0.3) is 0 Å². The molecule has 1 aromatic rings. The van der Waals surface area contributed by atoms with Gasteiger partial charge in [-0.3, -0.25) is 9.59 Å². The molecule has 0 radical (unpaired) electrons. The summed E-state index contributed by atoms with van der Waals surface area (Å²) in [4.78, 5) is 27.6. The number of hydrogen-bond donors (Lipinski definition) is 1. The molecule has 2 rings (SSSR count). The van der Waals surface area contributed by atoms with E-state index in [4.69, 9.17) is 0 Å². The van der Waals surface area contributed by atoms with Crippen molar-refractivity contribution < 1.29 is 14.7 Å². The molecule has 0 saturated heterocycles. The lowest BCUT2D eigenvalue weighted by Gasteiger charge is -2.29. The molecular weight excluding hydrogens is 280 g/mol. The third-order valence-corrected chi connectivity index (χ3v) is 3.92. The number of hydrogen-bond acceptors (Lipinski definition) is 3. The van der Waals surface area contributed by atoms with Crippen molar-refractivity contribution in [3.05, 3.63) is 29.3 Å². The van der Waals surface area contributed by atoms with Gasteiger partial charge in [0, 0.05) is 37.8 Å². The molecular formula is C17H24N2O3. The van der Waals surface area contributed by atoms with E-state index in [1.807, 2.05) is 19.1 Å². The number of carbonyl (C=O) groups is 2. The van der Waals surface area contributed by atoms with E-state index in [-0.39, 0.29) is 18.4 Å². The van der Waals surface area contributed by atoms with Crippen LogP contribution in [0.5, 0.6) is 0 Å². The SMILES string of the molecule is CCN(CC(C)(C)O)C(=O)c1ccc2c(c1)CCC(=O)N2C. The largest absolute Gasteiger partial charge is 0.389 e.